The van der Waals surface area contributed by atoms with Crippen LogP contribution < -0.4 is 0 Å². The Balaban J connectivity index is 1.76. The number of rotatable bonds is 3. The lowest BCUT2D eigenvalue weighted by Crippen LogP contribution is -2.09. The maximum Gasteiger partial charge on any atom is 0.298 e. The molecule has 0 aliphatic carbocycles. The van der Waals surface area contributed by atoms with Crippen molar-refractivity contribution in [2.24, 2.45) is 0 Å². The molecule has 0 bridgehead atoms. The second-order valence-corrected chi connectivity index (χ2v) is 7.56. The Labute approximate surface area is 166 Å². The summed E-state index contributed by atoms with van der Waals surface area (Å²) in [7, 11) is 0. The third-order valence-corrected chi connectivity index (χ3v) is 5.35. The van der Waals surface area contributed by atoms with Crippen LogP contribution in [0.25, 0.3) is 22.2 Å². The molecule has 4 nitrogen and oxygen atoms in total. The third kappa shape index (κ3) is 2.94. The molecule has 26 heavy (non-hydrogen) atoms. The van der Waals surface area contributed by atoms with Gasteiger partial charge in [-0.3, -0.25) is 9.36 Å². The number of hydrogen-bond donors (Lipinski definition) is 1. The summed E-state index contributed by atoms with van der Waals surface area (Å²) < 4.78 is 9.15. The molecule has 0 saturated carbocycles. The molecule has 0 aliphatic heterocycles. The first-order valence-electron chi connectivity index (χ1n) is 7.88. The number of carbonyl (C=O) groups is 1. The number of hydrogen-bond acceptors (Lipinski definition) is 3. The van der Waals surface area contributed by atoms with Crippen LogP contribution in [0.1, 0.15) is 16.1 Å². The fourth-order valence-electron chi connectivity index (χ4n) is 2.95. The van der Waals surface area contributed by atoms with Gasteiger partial charge in [0.05, 0.1) is 12.1 Å². The van der Waals surface area contributed by atoms with Crippen LogP contribution in [0.4, 0.5) is 0 Å². The predicted octanol–water partition coefficient (Wildman–Crippen LogP) is 5.61. The summed E-state index contributed by atoms with van der Waals surface area (Å²) >= 11 is 6.93. The third-order valence-electron chi connectivity index (χ3n) is 4.20. The van der Waals surface area contributed by atoms with Gasteiger partial charge in [0.2, 0.25) is 0 Å². The van der Waals surface area contributed by atoms with Crippen LogP contribution in [0, 0.1) is 0 Å². The first-order chi connectivity index (χ1) is 12.6. The minimum Gasteiger partial charge on any atom is -0.451 e. The zero-order valence-electron chi connectivity index (χ0n) is 13.4. The van der Waals surface area contributed by atoms with Crippen LogP contribution in [0.3, 0.4) is 0 Å². The Morgan fingerprint density at radius 1 is 1.08 bits per heavy atom. The smallest absolute Gasteiger partial charge is 0.298 e. The van der Waals surface area contributed by atoms with Gasteiger partial charge in [0, 0.05) is 31.7 Å². The number of fused-ring (bicyclic) bond motifs is 1. The Kier molecular flexibility index (Phi) is 4.56. The average molecular weight is 475 g/mol. The summed E-state index contributed by atoms with van der Waals surface area (Å²) in [5, 5.41) is 10.4. The van der Waals surface area contributed by atoms with Crippen LogP contribution in [-0.2, 0) is 6.61 Å². The molecule has 4 aromatic rings. The lowest BCUT2D eigenvalue weighted by Gasteiger charge is -2.03. The van der Waals surface area contributed by atoms with Crippen molar-refractivity contribution in [3.63, 3.8) is 0 Å². The van der Waals surface area contributed by atoms with Crippen LogP contribution in [0.15, 0.2) is 74.2 Å². The molecule has 0 amide bonds. The highest BCUT2D eigenvalue weighted by molar-refractivity contribution is 9.11. The zero-order chi connectivity index (χ0) is 18.3. The molecule has 0 radical (unpaired) electrons. The van der Waals surface area contributed by atoms with E-state index in [0.29, 0.717) is 11.3 Å². The number of furan rings is 1. The Bertz CT molecular complexity index is 1130. The molecule has 0 unspecified atom stereocenters. The molecule has 0 aliphatic rings. The number of aliphatic hydroxyl groups excluding tert-OH is 1. The molecule has 2 aromatic heterocycles. The first-order valence-corrected chi connectivity index (χ1v) is 9.47. The van der Waals surface area contributed by atoms with E-state index in [9.17, 15) is 9.90 Å². The van der Waals surface area contributed by atoms with E-state index in [-0.39, 0.29) is 18.3 Å². The van der Waals surface area contributed by atoms with E-state index >= 15 is 0 Å². The van der Waals surface area contributed by atoms with Gasteiger partial charge in [-0.15, -0.1) is 0 Å². The maximum atomic E-state index is 12.9. The van der Waals surface area contributed by atoms with E-state index in [0.717, 1.165) is 25.4 Å². The van der Waals surface area contributed by atoms with Gasteiger partial charge >= 0.3 is 0 Å². The van der Waals surface area contributed by atoms with Crippen molar-refractivity contribution in [2.45, 2.75) is 6.61 Å². The minimum absolute atomic E-state index is 0.129. The number of para-hydroxylation sites is 1. The molecule has 6 heteroatoms. The Morgan fingerprint density at radius 2 is 1.88 bits per heavy atom. The summed E-state index contributed by atoms with van der Waals surface area (Å²) in [6.45, 7) is -0.129. The van der Waals surface area contributed by atoms with Gasteiger partial charge in [-0.1, -0.05) is 34.1 Å². The van der Waals surface area contributed by atoms with Crippen molar-refractivity contribution in [1.82, 2.24) is 4.57 Å². The standard InChI is InChI=1S/C20H13Br2NO3/c21-13-5-6-15(16(22)9-13)18-7-8-19(26-18)20(25)23-10-12(11-24)14-3-1-2-4-17(14)23/h1-10,24H,11H2. The number of aliphatic hydroxyl groups is 1. The second kappa shape index (κ2) is 6.87. The molecule has 0 saturated heterocycles. The van der Waals surface area contributed by atoms with Crippen LogP contribution in [0.2, 0.25) is 0 Å². The number of nitrogens with zero attached hydrogens (tertiary/aromatic N) is 1. The van der Waals surface area contributed by atoms with Gasteiger partial charge in [-0.2, -0.15) is 0 Å². The van der Waals surface area contributed by atoms with Crippen molar-refractivity contribution in [1.29, 1.82) is 0 Å². The molecule has 1 N–H and O–H groups in total. The molecule has 2 heterocycles. The van der Waals surface area contributed by atoms with E-state index in [2.05, 4.69) is 31.9 Å². The largest absolute Gasteiger partial charge is 0.451 e. The summed E-state index contributed by atoms with van der Waals surface area (Å²) in [6, 6.07) is 16.7. The van der Waals surface area contributed by atoms with Gasteiger partial charge < -0.3 is 9.52 Å². The van der Waals surface area contributed by atoms with Crippen molar-refractivity contribution in [3.05, 3.63) is 81.1 Å². The summed E-state index contributed by atoms with van der Waals surface area (Å²) in [4.78, 5) is 12.9. The van der Waals surface area contributed by atoms with E-state index < -0.39 is 0 Å². The molecule has 0 atom stereocenters. The topological polar surface area (TPSA) is 55.4 Å². The van der Waals surface area contributed by atoms with Crippen LogP contribution >= 0.6 is 31.9 Å². The van der Waals surface area contributed by atoms with Crippen molar-refractivity contribution in [2.75, 3.05) is 0 Å². The highest BCUT2D eigenvalue weighted by atomic mass is 79.9. The lowest BCUT2D eigenvalue weighted by atomic mass is 10.2. The van der Waals surface area contributed by atoms with E-state index in [4.69, 9.17) is 4.42 Å². The molecule has 130 valence electrons. The normalized spacial score (nSPS) is 11.2. The first kappa shape index (κ1) is 17.3. The quantitative estimate of drug-likeness (QED) is 0.420. The SMILES string of the molecule is O=C(c1ccc(-c2ccc(Br)cc2Br)o1)n1cc(CO)c2ccccc21. The van der Waals surface area contributed by atoms with Crippen molar-refractivity contribution in [3.8, 4) is 11.3 Å². The summed E-state index contributed by atoms with van der Waals surface area (Å²) in [6.07, 6.45) is 1.66. The van der Waals surface area contributed by atoms with Crippen molar-refractivity contribution >= 4 is 48.7 Å². The summed E-state index contributed by atoms with van der Waals surface area (Å²) in [5.74, 6) is 0.562. The molecular formula is C20H13Br2NO3. The van der Waals surface area contributed by atoms with E-state index in [1.807, 2.05) is 42.5 Å². The predicted molar refractivity (Wildman–Crippen MR) is 107 cm³/mol. The Hall–Kier alpha value is -2.15. The van der Waals surface area contributed by atoms with E-state index in [1.165, 1.54) is 4.57 Å². The Morgan fingerprint density at radius 3 is 2.65 bits per heavy atom. The van der Waals surface area contributed by atoms with Crippen LogP contribution in [-0.4, -0.2) is 15.6 Å². The van der Waals surface area contributed by atoms with Gasteiger partial charge in [0.1, 0.15) is 5.76 Å². The van der Waals surface area contributed by atoms with Gasteiger partial charge in [-0.05, 0) is 52.3 Å². The summed E-state index contributed by atoms with van der Waals surface area (Å²) in [5.41, 5.74) is 2.31. The monoisotopic (exact) mass is 473 g/mol. The molecule has 2 aromatic carbocycles. The molecular weight excluding hydrogens is 462 g/mol. The number of carbonyl (C=O) groups excluding carboxylic acids is 1. The highest BCUT2D eigenvalue weighted by Crippen LogP contribution is 2.32. The van der Waals surface area contributed by atoms with Gasteiger partial charge in [-0.25, -0.2) is 0 Å². The number of halogens is 2. The molecule has 0 fully saturated rings. The second-order valence-electron chi connectivity index (χ2n) is 5.79. The van der Waals surface area contributed by atoms with Gasteiger partial charge in [0.15, 0.2) is 5.76 Å². The zero-order valence-corrected chi connectivity index (χ0v) is 16.6. The van der Waals surface area contributed by atoms with Crippen molar-refractivity contribution < 1.29 is 14.3 Å². The highest BCUT2D eigenvalue weighted by Gasteiger charge is 2.19. The number of aromatic nitrogens is 1. The fraction of sp³-hybridized carbons (Fsp3) is 0.0500. The minimum atomic E-state index is -0.277. The average Bonchev–Trinajstić information content (AvgIpc) is 3.26. The fourth-order valence-corrected chi connectivity index (χ4v) is 4.19. The van der Waals surface area contributed by atoms with Crippen LogP contribution in [0.5, 0.6) is 0 Å². The van der Waals surface area contributed by atoms with Gasteiger partial charge in [0.25, 0.3) is 5.91 Å². The molecule has 4 rings (SSSR count). The lowest BCUT2D eigenvalue weighted by molar-refractivity contribution is 0.0938. The van der Waals surface area contributed by atoms with E-state index in [1.54, 1.807) is 18.3 Å². The molecule has 0 spiro atoms. The maximum absolute atomic E-state index is 12.9. The number of benzene rings is 2.